The zero-order valence-corrected chi connectivity index (χ0v) is 22.4. The Morgan fingerprint density at radius 2 is 1.79 bits per heavy atom. The van der Waals surface area contributed by atoms with E-state index in [0.29, 0.717) is 29.5 Å². The van der Waals surface area contributed by atoms with E-state index in [0.717, 1.165) is 41.7 Å². The van der Waals surface area contributed by atoms with Crippen LogP contribution in [0.5, 0.6) is 11.5 Å². The van der Waals surface area contributed by atoms with Crippen LogP contribution >= 0.6 is 0 Å². The number of ether oxygens (including phenoxy) is 3. The molecule has 3 heterocycles. The van der Waals surface area contributed by atoms with Crippen LogP contribution in [0.25, 0.3) is 22.2 Å². The van der Waals surface area contributed by atoms with Gasteiger partial charge in [-0.3, -0.25) is 9.88 Å². The number of amides is 2. The van der Waals surface area contributed by atoms with Crippen LogP contribution in [0, 0.1) is 0 Å². The Labute approximate surface area is 228 Å². The molecular weight excluding hydrogens is 494 g/mol. The van der Waals surface area contributed by atoms with Crippen LogP contribution in [0.2, 0.25) is 0 Å². The van der Waals surface area contributed by atoms with E-state index in [1.807, 2.05) is 60.8 Å². The van der Waals surface area contributed by atoms with Gasteiger partial charge in [0.1, 0.15) is 0 Å². The molecule has 2 N–H and O–H groups in total. The smallest absolute Gasteiger partial charge is 0.319 e. The van der Waals surface area contributed by atoms with Gasteiger partial charge in [0.25, 0.3) is 0 Å². The van der Waals surface area contributed by atoms with Gasteiger partial charge in [0, 0.05) is 62.1 Å². The molecule has 0 saturated carbocycles. The van der Waals surface area contributed by atoms with Crippen LogP contribution in [-0.4, -0.2) is 74.5 Å². The number of anilines is 1. The van der Waals surface area contributed by atoms with E-state index < -0.39 is 0 Å². The first-order chi connectivity index (χ1) is 19.1. The molecule has 4 aromatic rings. The molecule has 2 aromatic heterocycles. The SMILES string of the molecule is COCCN1C[C@@H](NC(=O)Nc2cc3cc(OC)c(OC)cc3nc2-c2ccccc2)[C@H](c2cccnc2)C1. The van der Waals surface area contributed by atoms with Crippen molar-refractivity contribution >= 4 is 22.6 Å². The van der Waals surface area contributed by atoms with E-state index in [9.17, 15) is 4.79 Å². The second kappa shape index (κ2) is 12.1. The number of aromatic nitrogens is 2. The van der Waals surface area contributed by atoms with Crippen LogP contribution in [0.4, 0.5) is 10.5 Å². The highest BCUT2D eigenvalue weighted by Gasteiger charge is 2.35. The lowest BCUT2D eigenvalue weighted by molar-refractivity contribution is 0.159. The highest BCUT2D eigenvalue weighted by atomic mass is 16.5. The molecule has 9 nitrogen and oxygen atoms in total. The third kappa shape index (κ3) is 5.94. The molecule has 0 spiro atoms. The van der Waals surface area contributed by atoms with E-state index in [2.05, 4.69) is 26.6 Å². The van der Waals surface area contributed by atoms with Crippen LogP contribution in [0.15, 0.2) is 73.1 Å². The van der Waals surface area contributed by atoms with Crippen molar-refractivity contribution in [2.75, 3.05) is 52.9 Å². The Kier molecular flexibility index (Phi) is 8.19. The molecule has 0 radical (unpaired) electrons. The molecule has 5 rings (SSSR count). The number of hydrogen-bond donors (Lipinski definition) is 2. The summed E-state index contributed by atoms with van der Waals surface area (Å²) in [6, 6.07) is 19.0. The number of rotatable bonds is 9. The average Bonchev–Trinajstić information content (AvgIpc) is 3.38. The number of carbonyl (C=O) groups is 1. The Hall–Kier alpha value is -4.21. The Balaban J connectivity index is 1.44. The van der Waals surface area contributed by atoms with Crippen molar-refractivity contribution in [3.8, 4) is 22.8 Å². The molecule has 0 unspecified atom stereocenters. The molecule has 1 aliphatic heterocycles. The normalized spacial score (nSPS) is 17.2. The molecule has 0 bridgehead atoms. The van der Waals surface area contributed by atoms with Gasteiger partial charge in [-0.2, -0.15) is 0 Å². The van der Waals surface area contributed by atoms with Gasteiger partial charge in [-0.1, -0.05) is 36.4 Å². The van der Waals surface area contributed by atoms with Crippen molar-refractivity contribution in [1.29, 1.82) is 0 Å². The van der Waals surface area contributed by atoms with Crippen molar-refractivity contribution in [2.24, 2.45) is 0 Å². The lowest BCUT2D eigenvalue weighted by Gasteiger charge is -2.21. The molecule has 1 aliphatic rings. The number of methoxy groups -OCH3 is 3. The second-order valence-electron chi connectivity index (χ2n) is 9.50. The number of nitrogens with zero attached hydrogens (tertiary/aromatic N) is 3. The molecule has 2 amide bonds. The maximum Gasteiger partial charge on any atom is 0.319 e. The maximum absolute atomic E-state index is 13.5. The topological polar surface area (TPSA) is 97.8 Å². The summed E-state index contributed by atoms with van der Waals surface area (Å²) in [5, 5.41) is 7.12. The van der Waals surface area contributed by atoms with Crippen molar-refractivity contribution in [3.05, 3.63) is 78.6 Å². The fourth-order valence-corrected chi connectivity index (χ4v) is 5.11. The van der Waals surface area contributed by atoms with Crippen molar-refractivity contribution in [2.45, 2.75) is 12.0 Å². The minimum absolute atomic E-state index is 0.0935. The highest BCUT2D eigenvalue weighted by molar-refractivity contribution is 5.98. The van der Waals surface area contributed by atoms with Gasteiger partial charge in [0.05, 0.1) is 43.8 Å². The first kappa shape index (κ1) is 26.4. The number of pyridine rings is 2. The Morgan fingerprint density at radius 3 is 2.51 bits per heavy atom. The molecule has 39 heavy (non-hydrogen) atoms. The van der Waals surface area contributed by atoms with Crippen molar-refractivity contribution in [1.82, 2.24) is 20.2 Å². The van der Waals surface area contributed by atoms with Crippen molar-refractivity contribution in [3.63, 3.8) is 0 Å². The van der Waals surface area contributed by atoms with Crippen LogP contribution in [0.1, 0.15) is 11.5 Å². The number of hydrogen-bond acceptors (Lipinski definition) is 7. The summed E-state index contributed by atoms with van der Waals surface area (Å²) in [6.07, 6.45) is 3.64. The van der Waals surface area contributed by atoms with Gasteiger partial charge in [0.2, 0.25) is 0 Å². The fourth-order valence-electron chi connectivity index (χ4n) is 5.11. The molecule has 2 atom stereocenters. The number of benzene rings is 2. The average molecular weight is 528 g/mol. The number of urea groups is 1. The zero-order valence-electron chi connectivity index (χ0n) is 22.4. The van der Waals surface area contributed by atoms with E-state index in [-0.39, 0.29) is 18.0 Å². The van der Waals surface area contributed by atoms with Gasteiger partial charge in [-0.15, -0.1) is 0 Å². The highest BCUT2D eigenvalue weighted by Crippen LogP contribution is 2.36. The monoisotopic (exact) mass is 527 g/mol. The third-order valence-corrected chi connectivity index (χ3v) is 7.05. The predicted octanol–water partition coefficient (Wildman–Crippen LogP) is 4.55. The summed E-state index contributed by atoms with van der Waals surface area (Å²) in [5.41, 5.74) is 4.00. The lowest BCUT2D eigenvalue weighted by Crippen LogP contribution is -2.42. The summed E-state index contributed by atoms with van der Waals surface area (Å²) in [7, 11) is 4.89. The quantitative estimate of drug-likeness (QED) is 0.330. The second-order valence-corrected chi connectivity index (χ2v) is 9.50. The molecule has 9 heteroatoms. The molecule has 202 valence electrons. The number of nitrogens with one attached hydrogen (secondary N) is 2. The summed E-state index contributed by atoms with van der Waals surface area (Å²) < 4.78 is 16.3. The van der Waals surface area contributed by atoms with Crippen LogP contribution < -0.4 is 20.1 Å². The first-order valence-electron chi connectivity index (χ1n) is 12.9. The van der Waals surface area contributed by atoms with Gasteiger partial charge in [-0.25, -0.2) is 9.78 Å². The van der Waals surface area contributed by atoms with Gasteiger partial charge in [0.15, 0.2) is 11.5 Å². The summed E-state index contributed by atoms with van der Waals surface area (Å²) in [4.78, 5) is 25.0. The molecule has 1 fully saturated rings. The Bertz CT molecular complexity index is 1420. The van der Waals surface area contributed by atoms with E-state index in [4.69, 9.17) is 19.2 Å². The molecule has 0 aliphatic carbocycles. The molecule has 2 aromatic carbocycles. The lowest BCUT2D eigenvalue weighted by atomic mass is 9.96. The molecule has 1 saturated heterocycles. The number of likely N-dealkylation sites (tertiary alicyclic amines) is 1. The summed E-state index contributed by atoms with van der Waals surface area (Å²) in [6.45, 7) is 2.96. The van der Waals surface area contributed by atoms with Crippen molar-refractivity contribution < 1.29 is 19.0 Å². The largest absolute Gasteiger partial charge is 0.493 e. The predicted molar refractivity (Wildman–Crippen MR) is 152 cm³/mol. The van der Waals surface area contributed by atoms with Crippen LogP contribution in [0.3, 0.4) is 0 Å². The molecular formula is C30H33N5O4. The standard InChI is InChI=1S/C30H33N5O4/c1-37-13-12-35-18-23(21-10-7-11-31-17-21)26(19-35)34-30(36)33-25-14-22-15-27(38-2)28(39-3)16-24(22)32-29(25)20-8-5-4-6-9-20/h4-11,14-17,23,26H,12-13,18-19H2,1-3H3,(H2,33,34,36)/t23-,26+/m0/s1. The zero-order chi connectivity index (χ0) is 27.2. The number of carbonyl (C=O) groups excluding carboxylic acids is 1. The summed E-state index contributed by atoms with van der Waals surface area (Å²) >= 11 is 0. The van der Waals surface area contributed by atoms with Gasteiger partial charge in [-0.05, 0) is 23.8 Å². The van der Waals surface area contributed by atoms with E-state index >= 15 is 0 Å². The van der Waals surface area contributed by atoms with Gasteiger partial charge < -0.3 is 24.8 Å². The van der Waals surface area contributed by atoms with Gasteiger partial charge >= 0.3 is 6.03 Å². The number of fused-ring (bicyclic) bond motifs is 1. The van der Waals surface area contributed by atoms with Crippen LogP contribution in [-0.2, 0) is 4.74 Å². The summed E-state index contributed by atoms with van der Waals surface area (Å²) in [5.74, 6) is 1.30. The Morgan fingerprint density at radius 1 is 1.00 bits per heavy atom. The van der Waals surface area contributed by atoms with E-state index in [1.165, 1.54) is 0 Å². The maximum atomic E-state index is 13.5. The third-order valence-electron chi connectivity index (χ3n) is 7.05. The first-order valence-corrected chi connectivity index (χ1v) is 12.9. The minimum atomic E-state index is -0.290. The van der Waals surface area contributed by atoms with E-state index in [1.54, 1.807) is 27.5 Å². The fraction of sp³-hybridized carbons (Fsp3) is 0.300. The minimum Gasteiger partial charge on any atom is -0.493 e.